The second-order valence-electron chi connectivity index (χ2n) is 5.01. The van der Waals surface area contributed by atoms with E-state index in [1.54, 1.807) is 6.92 Å². The van der Waals surface area contributed by atoms with Crippen LogP contribution >= 0.6 is 11.3 Å². The molecule has 1 aromatic heterocycles. The Morgan fingerprint density at radius 3 is 2.83 bits per heavy atom. The number of thiazole rings is 1. The molecule has 2 aromatic rings. The van der Waals surface area contributed by atoms with Gasteiger partial charge in [-0.15, -0.1) is 11.3 Å². The van der Waals surface area contributed by atoms with Crippen molar-refractivity contribution in [2.75, 3.05) is 30.9 Å². The summed E-state index contributed by atoms with van der Waals surface area (Å²) in [6.07, 6.45) is -0.307. The molecule has 0 radical (unpaired) electrons. The van der Waals surface area contributed by atoms with Crippen LogP contribution in [0.25, 0.3) is 11.3 Å². The van der Waals surface area contributed by atoms with Crippen LogP contribution in [0.5, 0.6) is 0 Å². The van der Waals surface area contributed by atoms with E-state index in [0.29, 0.717) is 5.13 Å². The van der Waals surface area contributed by atoms with Crippen molar-refractivity contribution in [3.63, 3.8) is 0 Å². The summed E-state index contributed by atoms with van der Waals surface area (Å²) in [5.41, 5.74) is 2.83. The Morgan fingerprint density at radius 2 is 2.13 bits per heavy atom. The molecule has 122 valence electrons. The molecular weight excluding hydrogens is 314 g/mol. The predicted octanol–water partition coefficient (Wildman–Crippen LogP) is 2.77. The molecule has 1 aromatic carbocycles. The Labute approximate surface area is 139 Å². The molecule has 1 N–H and O–H groups in total. The maximum Gasteiger partial charge on any atom is 0.315 e. The summed E-state index contributed by atoms with van der Waals surface area (Å²) in [4.78, 5) is 29.4. The van der Waals surface area contributed by atoms with Gasteiger partial charge in [0.1, 0.15) is 6.42 Å². The monoisotopic (exact) mass is 333 g/mol. The van der Waals surface area contributed by atoms with Crippen molar-refractivity contribution in [3.05, 3.63) is 29.6 Å². The normalized spacial score (nSPS) is 10.2. The van der Waals surface area contributed by atoms with Gasteiger partial charge in [-0.2, -0.15) is 0 Å². The molecule has 1 amide bonds. The van der Waals surface area contributed by atoms with E-state index in [9.17, 15) is 9.59 Å². The average Bonchev–Trinajstić information content (AvgIpc) is 2.95. The minimum absolute atomic E-state index is 0.260. The van der Waals surface area contributed by atoms with Crippen LogP contribution in [0.1, 0.15) is 13.3 Å². The van der Waals surface area contributed by atoms with Crippen molar-refractivity contribution in [2.24, 2.45) is 0 Å². The number of anilines is 2. The van der Waals surface area contributed by atoms with E-state index in [4.69, 9.17) is 4.74 Å². The van der Waals surface area contributed by atoms with Gasteiger partial charge in [0.25, 0.3) is 0 Å². The number of nitrogens with one attached hydrogen (secondary N) is 1. The SMILES string of the molecule is CCOC(=O)CC(=O)Nc1nc(-c2cccc(N(C)C)c2)cs1. The smallest absolute Gasteiger partial charge is 0.315 e. The Bertz CT molecular complexity index is 697. The molecule has 6 nitrogen and oxygen atoms in total. The molecule has 0 atom stereocenters. The number of amides is 1. The molecule has 0 saturated carbocycles. The Morgan fingerprint density at radius 1 is 1.35 bits per heavy atom. The number of carbonyl (C=O) groups is 2. The van der Waals surface area contributed by atoms with Crippen molar-refractivity contribution in [3.8, 4) is 11.3 Å². The van der Waals surface area contributed by atoms with E-state index >= 15 is 0 Å². The number of benzene rings is 1. The fraction of sp³-hybridized carbons (Fsp3) is 0.312. The molecule has 23 heavy (non-hydrogen) atoms. The van der Waals surface area contributed by atoms with Gasteiger partial charge in [0, 0.05) is 30.7 Å². The number of hydrogen-bond donors (Lipinski definition) is 1. The molecule has 0 unspecified atom stereocenters. The zero-order chi connectivity index (χ0) is 16.8. The highest BCUT2D eigenvalue weighted by Crippen LogP contribution is 2.27. The fourth-order valence-corrected chi connectivity index (χ4v) is 2.65. The van der Waals surface area contributed by atoms with Crippen LogP contribution in [0.2, 0.25) is 0 Å². The summed E-state index contributed by atoms with van der Waals surface area (Å²) >= 11 is 1.32. The third kappa shape index (κ3) is 4.79. The number of esters is 1. The first-order chi connectivity index (χ1) is 11.0. The molecule has 0 saturated heterocycles. The van der Waals surface area contributed by atoms with Gasteiger partial charge in [-0.25, -0.2) is 4.98 Å². The highest BCUT2D eigenvalue weighted by molar-refractivity contribution is 7.14. The van der Waals surface area contributed by atoms with Crippen LogP contribution in [0.4, 0.5) is 10.8 Å². The van der Waals surface area contributed by atoms with Crippen LogP contribution in [0.15, 0.2) is 29.6 Å². The predicted molar refractivity (Wildman–Crippen MR) is 91.8 cm³/mol. The van der Waals surface area contributed by atoms with Crippen LogP contribution in [-0.2, 0) is 14.3 Å². The van der Waals surface area contributed by atoms with Crippen molar-refractivity contribution in [1.29, 1.82) is 0 Å². The minimum Gasteiger partial charge on any atom is -0.466 e. The first-order valence-corrected chi connectivity index (χ1v) is 8.06. The van der Waals surface area contributed by atoms with Gasteiger partial charge >= 0.3 is 5.97 Å². The molecular formula is C16H19N3O3S. The zero-order valence-electron chi connectivity index (χ0n) is 13.3. The number of carbonyl (C=O) groups excluding carboxylic acids is 2. The third-order valence-electron chi connectivity index (χ3n) is 3.02. The first kappa shape index (κ1) is 17.0. The third-order valence-corrected chi connectivity index (χ3v) is 3.78. The molecule has 7 heteroatoms. The van der Waals surface area contributed by atoms with Crippen molar-refractivity contribution < 1.29 is 14.3 Å². The highest BCUT2D eigenvalue weighted by atomic mass is 32.1. The lowest BCUT2D eigenvalue weighted by Crippen LogP contribution is -2.18. The maximum atomic E-state index is 11.7. The second-order valence-corrected chi connectivity index (χ2v) is 5.87. The number of ether oxygens (including phenoxy) is 1. The molecule has 0 spiro atoms. The minimum atomic E-state index is -0.541. The number of aromatic nitrogens is 1. The lowest BCUT2D eigenvalue weighted by molar-refractivity contribution is -0.145. The van der Waals surface area contributed by atoms with Crippen molar-refractivity contribution in [2.45, 2.75) is 13.3 Å². The Hall–Kier alpha value is -2.41. The fourth-order valence-electron chi connectivity index (χ4n) is 1.91. The molecule has 0 bridgehead atoms. The zero-order valence-corrected chi connectivity index (χ0v) is 14.1. The van der Waals surface area contributed by atoms with Crippen LogP contribution in [0, 0.1) is 0 Å². The largest absolute Gasteiger partial charge is 0.466 e. The maximum absolute atomic E-state index is 11.7. The van der Waals surface area contributed by atoms with Crippen LogP contribution < -0.4 is 10.2 Å². The van der Waals surface area contributed by atoms with Gasteiger partial charge in [-0.1, -0.05) is 12.1 Å². The van der Waals surface area contributed by atoms with E-state index in [2.05, 4.69) is 10.3 Å². The molecule has 0 aliphatic heterocycles. The van der Waals surface area contributed by atoms with E-state index in [-0.39, 0.29) is 13.0 Å². The van der Waals surface area contributed by atoms with Gasteiger partial charge in [0.15, 0.2) is 5.13 Å². The number of rotatable bonds is 6. The van der Waals surface area contributed by atoms with E-state index in [1.165, 1.54) is 11.3 Å². The Kier molecular flexibility index (Phi) is 5.70. The van der Waals surface area contributed by atoms with E-state index in [1.807, 2.05) is 48.6 Å². The van der Waals surface area contributed by atoms with E-state index < -0.39 is 11.9 Å². The summed E-state index contributed by atoms with van der Waals surface area (Å²) in [5.74, 6) is -0.966. The van der Waals surface area contributed by atoms with Gasteiger partial charge in [0.2, 0.25) is 5.91 Å². The standard InChI is InChI=1S/C16H19N3O3S/c1-4-22-15(21)9-14(20)18-16-17-13(10-23-16)11-6-5-7-12(8-11)19(2)3/h5-8,10H,4,9H2,1-3H3,(H,17,18,20). The van der Waals surface area contributed by atoms with Crippen molar-refractivity contribution in [1.82, 2.24) is 4.98 Å². The molecule has 1 heterocycles. The van der Waals surface area contributed by atoms with Crippen LogP contribution in [-0.4, -0.2) is 37.6 Å². The summed E-state index contributed by atoms with van der Waals surface area (Å²) < 4.78 is 4.74. The van der Waals surface area contributed by atoms with Crippen molar-refractivity contribution >= 4 is 34.0 Å². The van der Waals surface area contributed by atoms with Gasteiger partial charge in [-0.05, 0) is 19.1 Å². The van der Waals surface area contributed by atoms with E-state index in [0.717, 1.165) is 16.9 Å². The summed E-state index contributed by atoms with van der Waals surface area (Å²) in [7, 11) is 3.95. The quantitative estimate of drug-likeness (QED) is 0.650. The number of nitrogens with zero attached hydrogens (tertiary/aromatic N) is 2. The summed E-state index contributed by atoms with van der Waals surface area (Å²) in [6, 6.07) is 7.96. The molecule has 0 aliphatic carbocycles. The summed E-state index contributed by atoms with van der Waals surface area (Å²) in [5, 5.41) is 4.95. The van der Waals surface area contributed by atoms with Gasteiger partial charge in [0.05, 0.1) is 12.3 Å². The number of hydrogen-bond acceptors (Lipinski definition) is 6. The Balaban J connectivity index is 2.04. The molecule has 2 rings (SSSR count). The average molecular weight is 333 g/mol. The topological polar surface area (TPSA) is 71.5 Å². The second kappa shape index (κ2) is 7.73. The highest BCUT2D eigenvalue weighted by Gasteiger charge is 2.13. The van der Waals surface area contributed by atoms with Gasteiger partial charge < -0.3 is 15.0 Å². The van der Waals surface area contributed by atoms with Crippen LogP contribution in [0.3, 0.4) is 0 Å². The lowest BCUT2D eigenvalue weighted by atomic mass is 10.1. The first-order valence-electron chi connectivity index (χ1n) is 7.18. The summed E-state index contributed by atoms with van der Waals surface area (Å²) in [6.45, 7) is 1.96. The molecule has 0 aliphatic rings. The molecule has 0 fully saturated rings. The van der Waals surface area contributed by atoms with Gasteiger partial charge in [-0.3, -0.25) is 9.59 Å². The lowest BCUT2D eigenvalue weighted by Gasteiger charge is -2.12.